The van der Waals surface area contributed by atoms with Crippen LogP contribution in [-0.4, -0.2) is 17.0 Å². The van der Waals surface area contributed by atoms with E-state index in [2.05, 4.69) is 27.7 Å². The average molecular weight is 286 g/mol. The van der Waals surface area contributed by atoms with E-state index in [1.165, 1.54) is 32.1 Å². The minimum atomic E-state index is -0.0310. The summed E-state index contributed by atoms with van der Waals surface area (Å²) in [4.78, 5) is 10.9. The van der Waals surface area contributed by atoms with Gasteiger partial charge in [-0.2, -0.15) is 0 Å². The van der Waals surface area contributed by atoms with Crippen molar-refractivity contribution in [3.63, 3.8) is 0 Å². The van der Waals surface area contributed by atoms with Crippen molar-refractivity contribution in [1.82, 2.24) is 0 Å². The van der Waals surface area contributed by atoms with E-state index < -0.39 is 0 Å². The molecule has 0 rings (SSSR count). The molecule has 0 aromatic carbocycles. The Bertz CT molecular complexity index is 190. The molecule has 0 bridgehead atoms. The number of carbonyl (C=O) groups is 1. The van der Waals surface area contributed by atoms with Gasteiger partial charge < -0.3 is 5.11 Å². The number of hydrogen-bond donors (Lipinski definition) is 1. The second-order valence-corrected chi connectivity index (χ2v) is 5.68. The summed E-state index contributed by atoms with van der Waals surface area (Å²) in [6.45, 7) is 8.51. The molecule has 20 heavy (non-hydrogen) atoms. The summed E-state index contributed by atoms with van der Waals surface area (Å²) in [5.74, 6) is 0.441. The highest BCUT2D eigenvalue weighted by Gasteiger charge is 2.00. The lowest BCUT2D eigenvalue weighted by atomic mass is 10.1. The predicted molar refractivity (Wildman–Crippen MR) is 89.1 cm³/mol. The average Bonchev–Trinajstić information content (AvgIpc) is 2.41. The van der Waals surface area contributed by atoms with Crippen molar-refractivity contribution in [3.05, 3.63) is 0 Å². The first-order valence-electron chi connectivity index (χ1n) is 8.81. The third-order valence-corrected chi connectivity index (χ3v) is 3.35. The number of ketones is 1. The minimum absolute atomic E-state index is 0.0310. The maximum Gasteiger partial charge on any atom is 0.132 e. The topological polar surface area (TPSA) is 37.3 Å². The smallest absolute Gasteiger partial charge is 0.132 e. The molecular weight excluding hydrogens is 248 g/mol. The van der Waals surface area contributed by atoms with Crippen molar-refractivity contribution >= 4 is 5.78 Å². The summed E-state index contributed by atoms with van der Waals surface area (Å²) in [5.41, 5.74) is 0. The van der Waals surface area contributed by atoms with E-state index in [1.807, 2.05) is 0 Å². The molecule has 0 fully saturated rings. The van der Waals surface area contributed by atoms with Crippen LogP contribution in [0.3, 0.4) is 0 Å². The lowest BCUT2D eigenvalue weighted by Crippen LogP contribution is -2.04. The van der Waals surface area contributed by atoms with Gasteiger partial charge in [0.15, 0.2) is 0 Å². The number of aliphatic hydroxyl groups is 1. The summed E-state index contributed by atoms with van der Waals surface area (Å²) in [6, 6.07) is 0. The highest BCUT2D eigenvalue weighted by atomic mass is 16.3. The molecule has 0 aliphatic heterocycles. The fourth-order valence-electron chi connectivity index (χ4n) is 2.08. The Morgan fingerprint density at radius 3 is 1.85 bits per heavy atom. The van der Waals surface area contributed by atoms with Crippen LogP contribution in [0.25, 0.3) is 0 Å². The van der Waals surface area contributed by atoms with Gasteiger partial charge in [-0.05, 0) is 25.7 Å². The maximum absolute atomic E-state index is 10.9. The first-order chi connectivity index (χ1) is 9.62. The summed E-state index contributed by atoms with van der Waals surface area (Å²) in [7, 11) is 0. The zero-order chi connectivity index (χ0) is 15.6. The lowest BCUT2D eigenvalue weighted by molar-refractivity contribution is -0.119. The molecule has 0 radical (unpaired) electrons. The van der Waals surface area contributed by atoms with Crippen LogP contribution in [0, 0.1) is 0 Å². The van der Waals surface area contributed by atoms with Gasteiger partial charge in [-0.25, -0.2) is 0 Å². The van der Waals surface area contributed by atoms with Gasteiger partial charge in [-0.15, -0.1) is 0 Å². The summed E-state index contributed by atoms with van der Waals surface area (Å²) < 4.78 is 0. The number of aliphatic hydroxyl groups excluding tert-OH is 1. The third kappa shape index (κ3) is 20.0. The van der Waals surface area contributed by atoms with E-state index >= 15 is 0 Å². The molecule has 1 atom stereocenters. The maximum atomic E-state index is 10.9. The minimum Gasteiger partial charge on any atom is -0.393 e. The van der Waals surface area contributed by atoms with E-state index in [1.54, 1.807) is 0 Å². The van der Waals surface area contributed by atoms with Crippen LogP contribution >= 0.6 is 0 Å². The van der Waals surface area contributed by atoms with E-state index in [9.17, 15) is 9.90 Å². The fraction of sp³-hybridized carbons (Fsp3) is 0.944. The summed E-state index contributed by atoms with van der Waals surface area (Å²) in [5, 5.41) is 9.28. The van der Waals surface area contributed by atoms with Crippen molar-refractivity contribution < 1.29 is 9.90 Å². The highest BCUT2D eigenvalue weighted by molar-refractivity contribution is 5.78. The van der Waals surface area contributed by atoms with E-state index in [4.69, 9.17) is 0 Å². The van der Waals surface area contributed by atoms with Gasteiger partial charge in [-0.3, -0.25) is 4.79 Å². The molecule has 122 valence electrons. The molecule has 0 spiro atoms. The first kappa shape index (κ1) is 21.9. The molecule has 0 amide bonds. The molecule has 0 unspecified atom stereocenters. The van der Waals surface area contributed by atoms with Gasteiger partial charge in [0.25, 0.3) is 0 Å². The van der Waals surface area contributed by atoms with Gasteiger partial charge in [0.2, 0.25) is 0 Å². The Labute approximate surface area is 127 Å². The molecule has 0 aromatic rings. The molecule has 0 saturated heterocycles. The van der Waals surface area contributed by atoms with Crippen LogP contribution in [0.15, 0.2) is 0 Å². The van der Waals surface area contributed by atoms with Gasteiger partial charge in [0.1, 0.15) is 5.78 Å². The van der Waals surface area contributed by atoms with E-state index in [0.717, 1.165) is 44.9 Å². The molecule has 0 heterocycles. The number of carbonyl (C=O) groups excluding carboxylic acids is 1. The second-order valence-electron chi connectivity index (χ2n) is 5.68. The number of unbranched alkanes of at least 4 members (excludes halogenated alkanes) is 4. The second kappa shape index (κ2) is 18.6. The van der Waals surface area contributed by atoms with Crippen LogP contribution in [0.1, 0.15) is 105 Å². The molecule has 2 heteroatoms. The summed E-state index contributed by atoms with van der Waals surface area (Å²) in [6.07, 6.45) is 12.9. The van der Waals surface area contributed by atoms with Crippen molar-refractivity contribution in [1.29, 1.82) is 0 Å². The van der Waals surface area contributed by atoms with Gasteiger partial charge >= 0.3 is 0 Å². The Morgan fingerprint density at radius 1 is 0.750 bits per heavy atom. The normalized spacial score (nSPS) is 11.7. The van der Waals surface area contributed by atoms with Crippen LogP contribution in [0.4, 0.5) is 0 Å². The molecule has 0 aromatic heterocycles. The standard InChI is InChI=1S/C9H20O.C9H18O/c2*1-3-5-6-8-9(10)7-4-2/h9-10H,3-8H2,1-2H3;3-8H2,1-2H3/t9-;/m1./s1. The Hall–Kier alpha value is -0.370. The lowest BCUT2D eigenvalue weighted by Gasteiger charge is -2.07. The Kier molecular flexibility index (Phi) is 20.4. The number of Topliss-reactive ketones (excluding diaryl/α,β-unsaturated/α-hetero) is 1. The van der Waals surface area contributed by atoms with Crippen LogP contribution < -0.4 is 0 Å². The number of hydrogen-bond acceptors (Lipinski definition) is 2. The van der Waals surface area contributed by atoms with Crippen molar-refractivity contribution in [2.75, 3.05) is 0 Å². The highest BCUT2D eigenvalue weighted by Crippen LogP contribution is 2.07. The summed E-state index contributed by atoms with van der Waals surface area (Å²) >= 11 is 0. The van der Waals surface area contributed by atoms with Crippen LogP contribution in [0.2, 0.25) is 0 Å². The zero-order valence-corrected chi connectivity index (χ0v) is 14.4. The molecule has 0 aliphatic rings. The molecule has 2 nitrogen and oxygen atoms in total. The largest absolute Gasteiger partial charge is 0.393 e. The fourth-order valence-corrected chi connectivity index (χ4v) is 2.08. The molecule has 0 saturated carbocycles. The van der Waals surface area contributed by atoms with Crippen molar-refractivity contribution in [2.45, 2.75) is 111 Å². The number of rotatable bonds is 12. The van der Waals surface area contributed by atoms with E-state index in [-0.39, 0.29) is 6.10 Å². The van der Waals surface area contributed by atoms with Crippen LogP contribution in [-0.2, 0) is 4.79 Å². The van der Waals surface area contributed by atoms with Gasteiger partial charge in [0.05, 0.1) is 6.10 Å². The molecule has 1 N–H and O–H groups in total. The molecule has 0 aliphatic carbocycles. The molecular formula is C18H38O2. The third-order valence-electron chi connectivity index (χ3n) is 3.35. The van der Waals surface area contributed by atoms with Crippen molar-refractivity contribution in [2.24, 2.45) is 0 Å². The Balaban J connectivity index is 0. The van der Waals surface area contributed by atoms with Crippen LogP contribution in [0.5, 0.6) is 0 Å². The monoisotopic (exact) mass is 286 g/mol. The van der Waals surface area contributed by atoms with E-state index in [0.29, 0.717) is 5.78 Å². The predicted octanol–water partition coefficient (Wildman–Crippen LogP) is 5.66. The Morgan fingerprint density at radius 2 is 1.35 bits per heavy atom. The van der Waals surface area contributed by atoms with Gasteiger partial charge in [0, 0.05) is 12.8 Å². The zero-order valence-electron chi connectivity index (χ0n) is 14.4. The van der Waals surface area contributed by atoms with Crippen molar-refractivity contribution in [3.8, 4) is 0 Å². The quantitative estimate of drug-likeness (QED) is 0.470. The SMILES string of the molecule is CCCCCC(=O)CCC.CCCCC[C@H](O)CCC. The van der Waals surface area contributed by atoms with Gasteiger partial charge in [-0.1, -0.05) is 66.2 Å². The first-order valence-corrected chi connectivity index (χ1v) is 8.81.